The van der Waals surface area contributed by atoms with Gasteiger partial charge in [-0.25, -0.2) is 0 Å². The fourth-order valence-electron chi connectivity index (χ4n) is 3.11. The van der Waals surface area contributed by atoms with Gasteiger partial charge in [-0.15, -0.1) is 0 Å². The predicted molar refractivity (Wildman–Crippen MR) is 80.0 cm³/mol. The van der Waals surface area contributed by atoms with E-state index in [2.05, 4.69) is 27.7 Å². The lowest BCUT2D eigenvalue weighted by Gasteiger charge is -2.34. The van der Waals surface area contributed by atoms with Crippen LogP contribution in [0.25, 0.3) is 0 Å². The molecule has 0 unspecified atom stereocenters. The van der Waals surface area contributed by atoms with Crippen LogP contribution >= 0.6 is 0 Å². The van der Waals surface area contributed by atoms with Crippen LogP contribution in [0, 0.1) is 17.8 Å². The number of hydrogen-bond acceptors (Lipinski definition) is 3. The van der Waals surface area contributed by atoms with Gasteiger partial charge in [0.2, 0.25) is 0 Å². The number of rotatable bonds is 3. The summed E-state index contributed by atoms with van der Waals surface area (Å²) < 4.78 is 30.5. The minimum absolute atomic E-state index is 0.124. The molecule has 1 saturated carbocycles. The molecule has 0 radical (unpaired) electrons. The Bertz CT molecular complexity index is 567. The summed E-state index contributed by atoms with van der Waals surface area (Å²) in [6.45, 7) is 10.3. The Morgan fingerprint density at radius 1 is 1.00 bits per heavy atom. The van der Waals surface area contributed by atoms with Gasteiger partial charge >= 0.3 is 0 Å². The van der Waals surface area contributed by atoms with E-state index in [1.54, 1.807) is 24.3 Å². The molecule has 4 heteroatoms. The Morgan fingerprint density at radius 3 is 1.90 bits per heavy atom. The van der Waals surface area contributed by atoms with E-state index >= 15 is 0 Å². The fourth-order valence-corrected chi connectivity index (χ4v) is 4.47. The lowest BCUT2D eigenvalue weighted by Crippen LogP contribution is -2.38. The maximum atomic E-state index is 12.5. The molecule has 0 heterocycles. The third kappa shape index (κ3) is 2.91. The average Bonchev–Trinajstić information content (AvgIpc) is 2.53. The van der Waals surface area contributed by atoms with Crippen LogP contribution in [-0.4, -0.2) is 14.5 Å². The first-order chi connectivity index (χ1) is 9.05. The van der Waals surface area contributed by atoms with Crippen LogP contribution in [0.1, 0.15) is 46.1 Å². The van der Waals surface area contributed by atoms with Gasteiger partial charge in [0.25, 0.3) is 10.1 Å². The summed E-state index contributed by atoms with van der Waals surface area (Å²) in [5, 5.41) is 0. The van der Waals surface area contributed by atoms with Crippen molar-refractivity contribution in [3.05, 3.63) is 29.8 Å². The van der Waals surface area contributed by atoms with Gasteiger partial charge in [0, 0.05) is 0 Å². The Balaban J connectivity index is 2.30. The molecule has 0 aliphatic heterocycles. The molecule has 0 amide bonds. The van der Waals surface area contributed by atoms with Crippen LogP contribution in [0.2, 0.25) is 0 Å². The summed E-state index contributed by atoms with van der Waals surface area (Å²) >= 11 is 0. The first-order valence-corrected chi connectivity index (χ1v) is 8.45. The third-order valence-electron chi connectivity index (χ3n) is 4.37. The molecule has 0 atom stereocenters. The second kappa shape index (κ2) is 4.85. The molecule has 112 valence electrons. The van der Waals surface area contributed by atoms with Gasteiger partial charge in [-0.1, -0.05) is 45.4 Å². The molecule has 0 N–H and O–H groups in total. The SMILES string of the molecule is Cc1ccc(S(=O)(=O)OC2C(C)(C)CCC2(C)C)cc1. The maximum Gasteiger partial charge on any atom is 0.297 e. The van der Waals surface area contributed by atoms with Crippen molar-refractivity contribution in [3.63, 3.8) is 0 Å². The molecular weight excluding hydrogens is 272 g/mol. The summed E-state index contributed by atoms with van der Waals surface area (Å²) in [4.78, 5) is 0.238. The minimum Gasteiger partial charge on any atom is -0.262 e. The molecule has 20 heavy (non-hydrogen) atoms. The molecule has 1 fully saturated rings. The van der Waals surface area contributed by atoms with Gasteiger partial charge in [-0.2, -0.15) is 8.42 Å². The zero-order chi connectivity index (χ0) is 15.2. The normalized spacial score (nSPS) is 22.1. The summed E-state index contributed by atoms with van der Waals surface area (Å²) in [5.74, 6) is 0. The van der Waals surface area contributed by atoms with Crippen molar-refractivity contribution >= 4 is 10.1 Å². The molecule has 1 aliphatic rings. The Labute approximate surface area is 122 Å². The van der Waals surface area contributed by atoms with Crippen LogP contribution in [0.15, 0.2) is 29.2 Å². The molecular formula is C16H24O3S. The predicted octanol–water partition coefficient (Wildman–Crippen LogP) is 3.92. The molecule has 0 saturated heterocycles. The van der Waals surface area contributed by atoms with E-state index in [0.29, 0.717) is 0 Å². The van der Waals surface area contributed by atoms with Crippen LogP contribution in [0.3, 0.4) is 0 Å². The summed E-state index contributed by atoms with van der Waals surface area (Å²) in [6, 6.07) is 6.81. The van der Waals surface area contributed by atoms with Crippen LogP contribution < -0.4 is 0 Å². The van der Waals surface area contributed by atoms with E-state index in [1.165, 1.54) is 0 Å². The highest BCUT2D eigenvalue weighted by atomic mass is 32.2. The average molecular weight is 296 g/mol. The minimum atomic E-state index is -3.70. The van der Waals surface area contributed by atoms with E-state index in [4.69, 9.17) is 4.18 Å². The van der Waals surface area contributed by atoms with Gasteiger partial charge in [0.15, 0.2) is 0 Å². The Kier molecular flexibility index (Phi) is 3.76. The Morgan fingerprint density at radius 2 is 1.45 bits per heavy atom. The highest BCUT2D eigenvalue weighted by Crippen LogP contribution is 2.51. The van der Waals surface area contributed by atoms with Gasteiger partial charge in [-0.05, 0) is 42.7 Å². The zero-order valence-corrected chi connectivity index (χ0v) is 13.8. The quantitative estimate of drug-likeness (QED) is 0.794. The lowest BCUT2D eigenvalue weighted by molar-refractivity contribution is 0.0376. The molecule has 0 bridgehead atoms. The number of hydrogen-bond donors (Lipinski definition) is 0. The summed E-state index contributed by atoms with van der Waals surface area (Å²) in [6.07, 6.45) is 1.67. The highest BCUT2D eigenvalue weighted by molar-refractivity contribution is 7.86. The molecule has 3 nitrogen and oxygen atoms in total. The van der Waals surface area contributed by atoms with Crippen LogP contribution in [0.4, 0.5) is 0 Å². The third-order valence-corrected chi connectivity index (χ3v) is 5.66. The maximum absolute atomic E-state index is 12.5. The smallest absolute Gasteiger partial charge is 0.262 e. The number of benzene rings is 1. The van der Waals surface area contributed by atoms with Gasteiger partial charge < -0.3 is 0 Å². The van der Waals surface area contributed by atoms with Crippen LogP contribution in [0.5, 0.6) is 0 Å². The largest absolute Gasteiger partial charge is 0.297 e. The first-order valence-electron chi connectivity index (χ1n) is 7.05. The van der Waals surface area contributed by atoms with E-state index < -0.39 is 10.1 Å². The van der Waals surface area contributed by atoms with Crippen molar-refractivity contribution in [2.24, 2.45) is 10.8 Å². The van der Waals surface area contributed by atoms with Gasteiger partial charge in [0.1, 0.15) is 0 Å². The van der Waals surface area contributed by atoms with E-state index in [9.17, 15) is 8.42 Å². The standard InChI is InChI=1S/C16H24O3S/c1-12-6-8-13(9-7-12)20(17,18)19-14-15(2,3)10-11-16(14,4)5/h6-9,14H,10-11H2,1-5H3. The van der Waals surface area contributed by atoms with Crippen molar-refractivity contribution in [1.82, 2.24) is 0 Å². The number of aryl methyl sites for hydroxylation is 1. The topological polar surface area (TPSA) is 43.4 Å². The van der Waals surface area contributed by atoms with Crippen molar-refractivity contribution in [2.45, 2.75) is 58.5 Å². The monoisotopic (exact) mass is 296 g/mol. The van der Waals surface area contributed by atoms with E-state index in [0.717, 1.165) is 18.4 Å². The van der Waals surface area contributed by atoms with Crippen molar-refractivity contribution in [2.75, 3.05) is 0 Å². The van der Waals surface area contributed by atoms with Crippen molar-refractivity contribution in [3.8, 4) is 0 Å². The summed E-state index contributed by atoms with van der Waals surface area (Å²) in [5.41, 5.74) is 0.785. The molecule has 0 aromatic heterocycles. The second-order valence-corrected chi connectivity index (χ2v) is 8.79. The Hall–Kier alpha value is -0.870. The van der Waals surface area contributed by atoms with E-state index in [-0.39, 0.29) is 21.8 Å². The molecule has 2 rings (SSSR count). The van der Waals surface area contributed by atoms with Gasteiger partial charge in [-0.3, -0.25) is 4.18 Å². The molecule has 0 spiro atoms. The molecule has 1 aliphatic carbocycles. The lowest BCUT2D eigenvalue weighted by atomic mass is 9.81. The first kappa shape index (κ1) is 15.5. The fraction of sp³-hybridized carbons (Fsp3) is 0.625. The van der Waals surface area contributed by atoms with Gasteiger partial charge in [0.05, 0.1) is 11.0 Å². The van der Waals surface area contributed by atoms with E-state index in [1.807, 2.05) is 6.92 Å². The zero-order valence-electron chi connectivity index (χ0n) is 12.9. The van der Waals surface area contributed by atoms with Crippen LogP contribution in [-0.2, 0) is 14.3 Å². The molecule has 1 aromatic rings. The van der Waals surface area contributed by atoms with Crippen molar-refractivity contribution in [1.29, 1.82) is 0 Å². The van der Waals surface area contributed by atoms with Crippen molar-refractivity contribution < 1.29 is 12.6 Å². The summed E-state index contributed by atoms with van der Waals surface area (Å²) in [7, 11) is -3.70. The second-order valence-electron chi connectivity index (χ2n) is 7.22. The highest BCUT2D eigenvalue weighted by Gasteiger charge is 2.50. The molecule has 1 aromatic carbocycles.